The van der Waals surface area contributed by atoms with E-state index in [1.807, 2.05) is 35.2 Å². The molecule has 4 heterocycles. The van der Waals surface area contributed by atoms with E-state index in [-0.39, 0.29) is 18.3 Å². The largest absolute Gasteiger partial charge is 0.451 e. The second kappa shape index (κ2) is 7.32. The van der Waals surface area contributed by atoms with Crippen molar-refractivity contribution in [1.29, 1.82) is 0 Å². The van der Waals surface area contributed by atoms with Gasteiger partial charge in [-0.1, -0.05) is 18.2 Å². The van der Waals surface area contributed by atoms with E-state index >= 15 is 0 Å². The number of carbonyl (C=O) groups excluding carboxylic acids is 1. The first-order chi connectivity index (χ1) is 12.8. The van der Waals surface area contributed by atoms with Crippen LogP contribution in [0.2, 0.25) is 0 Å². The molecule has 2 aromatic heterocycles. The molecular weight excluding hydrogens is 366 g/mol. The van der Waals surface area contributed by atoms with Gasteiger partial charge in [0.15, 0.2) is 5.76 Å². The Bertz CT molecular complexity index is 925. The molecule has 0 saturated carbocycles. The highest BCUT2D eigenvalue weighted by Crippen LogP contribution is 2.29. The van der Waals surface area contributed by atoms with Crippen LogP contribution < -0.4 is 5.32 Å². The summed E-state index contributed by atoms with van der Waals surface area (Å²) in [6.07, 6.45) is 1.83. The molecule has 0 bridgehead atoms. The van der Waals surface area contributed by atoms with Crippen molar-refractivity contribution in [2.75, 3.05) is 19.6 Å². The molecule has 0 atom stereocenters. The summed E-state index contributed by atoms with van der Waals surface area (Å²) in [7, 11) is 0. The Morgan fingerprint density at radius 3 is 2.78 bits per heavy atom. The molecule has 0 spiro atoms. The minimum Gasteiger partial charge on any atom is -0.451 e. The number of hydrogen-bond donors (Lipinski definition) is 1. The molecule has 27 heavy (non-hydrogen) atoms. The molecule has 5 rings (SSSR count). The van der Waals surface area contributed by atoms with Gasteiger partial charge in [0.05, 0.1) is 6.54 Å². The molecule has 1 aromatic carbocycles. The zero-order valence-corrected chi connectivity index (χ0v) is 15.7. The number of rotatable bonds is 2. The van der Waals surface area contributed by atoms with Crippen LogP contribution in [0.5, 0.6) is 0 Å². The van der Waals surface area contributed by atoms with Crippen molar-refractivity contribution in [3.63, 3.8) is 0 Å². The van der Waals surface area contributed by atoms with Crippen molar-refractivity contribution in [2.24, 2.45) is 0 Å². The summed E-state index contributed by atoms with van der Waals surface area (Å²) < 4.78 is 7.98. The summed E-state index contributed by atoms with van der Waals surface area (Å²) in [4.78, 5) is 14.7. The molecule has 0 unspecified atom stereocenters. The molecular formula is C19H22ClN5O2. The Balaban J connectivity index is 0.00000180. The Hall–Kier alpha value is -2.38. The summed E-state index contributed by atoms with van der Waals surface area (Å²) in [5.74, 6) is 2.88. The molecule has 2 aliphatic rings. The van der Waals surface area contributed by atoms with E-state index < -0.39 is 0 Å². The first-order valence-corrected chi connectivity index (χ1v) is 9.20. The number of aromatic nitrogens is 3. The van der Waals surface area contributed by atoms with Crippen LogP contribution in [0.3, 0.4) is 0 Å². The normalized spacial score (nSPS) is 17.6. The number of fused-ring (bicyclic) bond motifs is 2. The molecule has 142 valence electrons. The molecule has 2 aliphatic heterocycles. The molecule has 3 aromatic rings. The maximum atomic E-state index is 12.8. The minimum atomic E-state index is -0.0212. The summed E-state index contributed by atoms with van der Waals surface area (Å²) in [6, 6.07) is 9.56. The van der Waals surface area contributed by atoms with Crippen LogP contribution in [0.25, 0.3) is 11.0 Å². The molecule has 7 nitrogen and oxygen atoms in total. The van der Waals surface area contributed by atoms with Gasteiger partial charge in [-0.3, -0.25) is 4.79 Å². The monoisotopic (exact) mass is 387 g/mol. The van der Waals surface area contributed by atoms with E-state index in [0.717, 1.165) is 68.2 Å². The quantitative estimate of drug-likeness (QED) is 0.731. The second-order valence-electron chi connectivity index (χ2n) is 7.02. The summed E-state index contributed by atoms with van der Waals surface area (Å²) in [5, 5.41) is 13.0. The number of piperidine rings is 1. The number of para-hydroxylation sites is 1. The fourth-order valence-corrected chi connectivity index (χ4v) is 4.00. The van der Waals surface area contributed by atoms with Crippen molar-refractivity contribution >= 4 is 29.3 Å². The topological polar surface area (TPSA) is 76.2 Å². The third-order valence-electron chi connectivity index (χ3n) is 5.43. The van der Waals surface area contributed by atoms with E-state index in [4.69, 9.17) is 4.42 Å². The predicted molar refractivity (Wildman–Crippen MR) is 103 cm³/mol. The van der Waals surface area contributed by atoms with Crippen molar-refractivity contribution in [3.8, 4) is 0 Å². The highest BCUT2D eigenvalue weighted by Gasteiger charge is 2.30. The van der Waals surface area contributed by atoms with Gasteiger partial charge in [0.25, 0.3) is 5.91 Å². The van der Waals surface area contributed by atoms with Gasteiger partial charge in [-0.25, -0.2) is 0 Å². The highest BCUT2D eigenvalue weighted by atomic mass is 35.5. The number of nitrogens with zero attached hydrogens (tertiary/aromatic N) is 4. The van der Waals surface area contributed by atoms with E-state index in [1.165, 1.54) is 0 Å². The maximum absolute atomic E-state index is 12.8. The number of amides is 1. The van der Waals surface area contributed by atoms with Crippen LogP contribution in [0.15, 0.2) is 34.7 Å². The number of benzene rings is 1. The van der Waals surface area contributed by atoms with Gasteiger partial charge in [0.2, 0.25) is 0 Å². The minimum absolute atomic E-state index is 0. The molecule has 1 amide bonds. The zero-order chi connectivity index (χ0) is 17.5. The van der Waals surface area contributed by atoms with E-state index in [1.54, 1.807) is 0 Å². The first kappa shape index (κ1) is 18.0. The van der Waals surface area contributed by atoms with Gasteiger partial charge in [0.1, 0.15) is 17.2 Å². The molecule has 0 aliphatic carbocycles. The first-order valence-electron chi connectivity index (χ1n) is 9.20. The second-order valence-corrected chi connectivity index (χ2v) is 7.02. The summed E-state index contributed by atoms with van der Waals surface area (Å²) in [5.41, 5.74) is 0.759. The fourth-order valence-electron chi connectivity index (χ4n) is 4.00. The van der Waals surface area contributed by atoms with Gasteiger partial charge >= 0.3 is 0 Å². The lowest BCUT2D eigenvalue weighted by molar-refractivity contribution is 0.0680. The summed E-state index contributed by atoms with van der Waals surface area (Å²) in [6.45, 7) is 4.12. The van der Waals surface area contributed by atoms with Crippen LogP contribution in [-0.2, 0) is 13.1 Å². The average molecular weight is 388 g/mol. The van der Waals surface area contributed by atoms with Gasteiger partial charge < -0.3 is 19.2 Å². The molecule has 1 N–H and O–H groups in total. The van der Waals surface area contributed by atoms with E-state index in [9.17, 15) is 4.79 Å². The Kier molecular flexibility index (Phi) is 4.88. The third kappa shape index (κ3) is 3.21. The Labute approximate surface area is 163 Å². The molecule has 0 radical (unpaired) electrons. The third-order valence-corrected chi connectivity index (χ3v) is 5.43. The number of furan rings is 1. The van der Waals surface area contributed by atoms with Gasteiger partial charge in [0, 0.05) is 37.5 Å². The van der Waals surface area contributed by atoms with Crippen molar-refractivity contribution in [2.45, 2.75) is 31.8 Å². The Morgan fingerprint density at radius 1 is 1.15 bits per heavy atom. The van der Waals surface area contributed by atoms with E-state index in [0.29, 0.717) is 11.7 Å². The number of hydrogen-bond acceptors (Lipinski definition) is 5. The number of nitrogens with one attached hydrogen (secondary N) is 1. The van der Waals surface area contributed by atoms with Crippen molar-refractivity contribution in [3.05, 3.63) is 47.7 Å². The number of halogens is 1. The van der Waals surface area contributed by atoms with Crippen LogP contribution in [-0.4, -0.2) is 45.2 Å². The lowest BCUT2D eigenvalue weighted by Crippen LogP contribution is -2.38. The fraction of sp³-hybridized carbons (Fsp3) is 0.421. The van der Waals surface area contributed by atoms with Crippen molar-refractivity contribution < 1.29 is 9.21 Å². The number of likely N-dealkylation sites (tertiary alicyclic amines) is 1. The van der Waals surface area contributed by atoms with Gasteiger partial charge in [-0.2, -0.15) is 0 Å². The predicted octanol–water partition coefficient (Wildman–Crippen LogP) is 2.57. The maximum Gasteiger partial charge on any atom is 0.289 e. The lowest BCUT2D eigenvalue weighted by Gasteiger charge is -2.31. The molecule has 1 saturated heterocycles. The van der Waals surface area contributed by atoms with Crippen LogP contribution in [0.1, 0.15) is 41.0 Å². The molecule has 8 heteroatoms. The Morgan fingerprint density at radius 2 is 1.96 bits per heavy atom. The lowest BCUT2D eigenvalue weighted by atomic mass is 9.95. The smallest absolute Gasteiger partial charge is 0.289 e. The zero-order valence-electron chi connectivity index (χ0n) is 14.9. The van der Waals surface area contributed by atoms with Gasteiger partial charge in [-0.15, -0.1) is 22.6 Å². The SMILES string of the molecule is Cl.O=C(c1cc2ccccc2o1)N1CCC(c2nnc3n2CCNC3)CC1. The standard InChI is InChI=1S/C19H21N5O2.ClH/c25-19(16-11-14-3-1-2-4-15(14)26-16)23-8-5-13(6-9-23)18-22-21-17-12-20-7-10-24(17)18;/h1-4,11,13,20H,5-10,12H2;1H. The van der Waals surface area contributed by atoms with E-state index in [2.05, 4.69) is 20.1 Å². The molecule has 1 fully saturated rings. The number of carbonyl (C=O) groups is 1. The average Bonchev–Trinajstić information content (AvgIpc) is 3.32. The summed E-state index contributed by atoms with van der Waals surface area (Å²) >= 11 is 0. The van der Waals surface area contributed by atoms with Crippen molar-refractivity contribution in [1.82, 2.24) is 25.0 Å². The van der Waals surface area contributed by atoms with Gasteiger partial charge in [-0.05, 0) is 25.0 Å². The van der Waals surface area contributed by atoms with Crippen LogP contribution in [0.4, 0.5) is 0 Å². The van der Waals surface area contributed by atoms with Crippen LogP contribution >= 0.6 is 12.4 Å². The highest BCUT2D eigenvalue weighted by molar-refractivity contribution is 5.96. The van der Waals surface area contributed by atoms with Crippen LogP contribution in [0, 0.1) is 0 Å².